The van der Waals surface area contributed by atoms with Gasteiger partial charge in [-0.2, -0.15) is 0 Å². The van der Waals surface area contributed by atoms with Gasteiger partial charge in [-0.15, -0.1) is 21.5 Å². The molecule has 1 N–H and O–H groups in total. The molecule has 4 saturated carbocycles. The number of rotatable bonds is 4. The monoisotopic (exact) mass is 359 g/mol. The third-order valence-corrected chi connectivity index (χ3v) is 8.04. The second-order valence-corrected chi connectivity index (χ2v) is 9.92. The first-order chi connectivity index (χ1) is 11.7. The zero-order chi connectivity index (χ0) is 16.1. The number of amides is 1. The summed E-state index contributed by atoms with van der Waals surface area (Å²) in [5, 5.41) is 15.6. The SMILES string of the molecule is O=C(Cc1cccs1)Nc1nnc(C23CC4CC(CC(C4)C2)C3)s1. The molecular weight excluding hydrogens is 338 g/mol. The number of hydrogen-bond donors (Lipinski definition) is 1. The van der Waals surface area contributed by atoms with Crippen molar-refractivity contribution >= 4 is 33.7 Å². The average molecular weight is 360 g/mol. The standard InChI is InChI=1S/C18H21N3OS2/c22-15(7-14-2-1-3-23-14)19-17-21-20-16(24-17)18-8-11-4-12(9-18)6-13(5-11)10-18/h1-3,11-13H,4-10H2,(H,19,21,22). The van der Waals surface area contributed by atoms with Crippen LogP contribution in [-0.2, 0) is 16.6 Å². The summed E-state index contributed by atoms with van der Waals surface area (Å²) in [6.07, 6.45) is 8.58. The van der Waals surface area contributed by atoms with Gasteiger partial charge in [-0.3, -0.25) is 4.79 Å². The first-order valence-corrected chi connectivity index (χ1v) is 10.5. The highest BCUT2D eigenvalue weighted by Gasteiger charge is 2.53. The normalized spacial score (nSPS) is 33.8. The van der Waals surface area contributed by atoms with E-state index in [0.29, 0.717) is 11.6 Å². The van der Waals surface area contributed by atoms with Gasteiger partial charge in [-0.25, -0.2) is 0 Å². The van der Waals surface area contributed by atoms with E-state index in [1.54, 1.807) is 22.7 Å². The Labute approximate surface area is 149 Å². The molecule has 0 unspecified atom stereocenters. The third-order valence-electron chi connectivity index (χ3n) is 6.08. The van der Waals surface area contributed by atoms with Gasteiger partial charge in [0.15, 0.2) is 0 Å². The molecule has 0 spiro atoms. The molecule has 6 heteroatoms. The number of hydrogen-bond acceptors (Lipinski definition) is 5. The highest BCUT2D eigenvalue weighted by atomic mass is 32.1. The van der Waals surface area contributed by atoms with E-state index < -0.39 is 0 Å². The molecule has 0 atom stereocenters. The zero-order valence-electron chi connectivity index (χ0n) is 13.5. The quantitative estimate of drug-likeness (QED) is 0.888. The Kier molecular flexibility index (Phi) is 3.52. The van der Waals surface area contributed by atoms with Gasteiger partial charge < -0.3 is 5.32 Å². The first-order valence-electron chi connectivity index (χ1n) is 8.85. The molecule has 126 valence electrons. The van der Waals surface area contributed by atoms with E-state index in [1.165, 1.54) is 43.5 Å². The van der Waals surface area contributed by atoms with Gasteiger partial charge >= 0.3 is 0 Å². The number of nitrogens with one attached hydrogen (secondary N) is 1. The van der Waals surface area contributed by atoms with Gasteiger partial charge in [0.1, 0.15) is 5.01 Å². The number of aromatic nitrogens is 2. The van der Waals surface area contributed by atoms with Crippen molar-refractivity contribution in [2.45, 2.75) is 50.4 Å². The summed E-state index contributed by atoms with van der Waals surface area (Å²) >= 11 is 3.22. The third kappa shape index (κ3) is 2.60. The molecule has 2 aromatic heterocycles. The van der Waals surface area contributed by atoms with Crippen molar-refractivity contribution in [3.8, 4) is 0 Å². The molecule has 24 heavy (non-hydrogen) atoms. The lowest BCUT2D eigenvalue weighted by atomic mass is 9.50. The second kappa shape index (κ2) is 5.63. The summed E-state index contributed by atoms with van der Waals surface area (Å²) in [5.41, 5.74) is 0.267. The lowest BCUT2D eigenvalue weighted by Gasteiger charge is -2.55. The average Bonchev–Trinajstić information content (AvgIpc) is 3.18. The first kappa shape index (κ1) is 15.0. The van der Waals surface area contributed by atoms with Crippen LogP contribution in [0, 0.1) is 17.8 Å². The van der Waals surface area contributed by atoms with E-state index in [9.17, 15) is 4.79 Å². The molecule has 2 aromatic rings. The molecular formula is C18H21N3OS2. The molecule has 4 nitrogen and oxygen atoms in total. The van der Waals surface area contributed by atoms with E-state index in [4.69, 9.17) is 0 Å². The van der Waals surface area contributed by atoms with Gasteiger partial charge in [0.2, 0.25) is 11.0 Å². The highest BCUT2D eigenvalue weighted by molar-refractivity contribution is 7.15. The van der Waals surface area contributed by atoms with Crippen molar-refractivity contribution in [2.24, 2.45) is 17.8 Å². The van der Waals surface area contributed by atoms with Crippen LogP contribution < -0.4 is 5.32 Å². The number of carbonyl (C=O) groups excluding carboxylic acids is 1. The van der Waals surface area contributed by atoms with Crippen LogP contribution in [0.2, 0.25) is 0 Å². The Hall–Kier alpha value is -1.27. The molecule has 4 fully saturated rings. The maximum Gasteiger partial charge on any atom is 0.231 e. The Balaban J connectivity index is 1.31. The zero-order valence-corrected chi connectivity index (χ0v) is 15.2. The van der Waals surface area contributed by atoms with Gasteiger partial charge in [0, 0.05) is 10.3 Å². The topological polar surface area (TPSA) is 54.9 Å². The Morgan fingerprint density at radius 3 is 2.50 bits per heavy atom. The number of thiophene rings is 1. The number of anilines is 1. The molecule has 4 bridgehead atoms. The summed E-state index contributed by atoms with van der Waals surface area (Å²) in [4.78, 5) is 13.3. The Morgan fingerprint density at radius 1 is 1.17 bits per heavy atom. The fraction of sp³-hybridized carbons (Fsp3) is 0.611. The van der Waals surface area contributed by atoms with Crippen LogP contribution in [0.4, 0.5) is 5.13 Å². The van der Waals surface area contributed by atoms with Crippen LogP contribution in [0.1, 0.15) is 48.4 Å². The van der Waals surface area contributed by atoms with Crippen LogP contribution in [0.15, 0.2) is 17.5 Å². The minimum Gasteiger partial charge on any atom is -0.300 e. The van der Waals surface area contributed by atoms with Crippen molar-refractivity contribution in [3.05, 3.63) is 27.4 Å². The maximum absolute atomic E-state index is 12.2. The predicted molar refractivity (Wildman–Crippen MR) is 96.4 cm³/mol. The van der Waals surface area contributed by atoms with Gasteiger partial charge in [-0.1, -0.05) is 17.4 Å². The van der Waals surface area contributed by atoms with E-state index in [1.807, 2.05) is 17.5 Å². The molecule has 6 rings (SSSR count). The van der Waals surface area contributed by atoms with Crippen LogP contribution in [0.5, 0.6) is 0 Å². The molecule has 0 radical (unpaired) electrons. The predicted octanol–water partition coefficient (Wildman–Crippen LogP) is 4.25. The summed E-state index contributed by atoms with van der Waals surface area (Å²) < 4.78 is 0. The molecule has 1 amide bonds. The summed E-state index contributed by atoms with van der Waals surface area (Å²) in [6.45, 7) is 0. The van der Waals surface area contributed by atoms with Crippen molar-refractivity contribution in [3.63, 3.8) is 0 Å². The van der Waals surface area contributed by atoms with Gasteiger partial charge in [-0.05, 0) is 67.7 Å². The molecule has 0 saturated heterocycles. The molecule has 4 aliphatic rings. The van der Waals surface area contributed by atoms with E-state index in [0.717, 1.165) is 22.6 Å². The second-order valence-electron chi connectivity index (χ2n) is 7.91. The van der Waals surface area contributed by atoms with Crippen LogP contribution >= 0.6 is 22.7 Å². The minimum atomic E-state index is 0.00524. The molecule has 0 aromatic carbocycles. The van der Waals surface area contributed by atoms with E-state index >= 15 is 0 Å². The van der Waals surface area contributed by atoms with Crippen LogP contribution in [-0.4, -0.2) is 16.1 Å². The van der Waals surface area contributed by atoms with Crippen molar-refractivity contribution in [2.75, 3.05) is 5.32 Å². The summed E-state index contributed by atoms with van der Waals surface area (Å²) in [5.74, 6) is 2.71. The van der Waals surface area contributed by atoms with Crippen molar-refractivity contribution in [1.82, 2.24) is 10.2 Å². The van der Waals surface area contributed by atoms with Crippen LogP contribution in [0.3, 0.4) is 0 Å². The fourth-order valence-corrected chi connectivity index (χ4v) is 7.28. The summed E-state index contributed by atoms with van der Waals surface area (Å²) in [6, 6.07) is 3.97. The van der Waals surface area contributed by atoms with Gasteiger partial charge in [0.05, 0.1) is 6.42 Å². The van der Waals surface area contributed by atoms with Crippen LogP contribution in [0.25, 0.3) is 0 Å². The molecule has 0 aliphatic heterocycles. The largest absolute Gasteiger partial charge is 0.300 e. The highest BCUT2D eigenvalue weighted by Crippen LogP contribution is 2.61. The van der Waals surface area contributed by atoms with E-state index in [2.05, 4.69) is 15.5 Å². The van der Waals surface area contributed by atoms with Gasteiger partial charge in [0.25, 0.3) is 0 Å². The van der Waals surface area contributed by atoms with Crippen molar-refractivity contribution in [1.29, 1.82) is 0 Å². The lowest BCUT2D eigenvalue weighted by molar-refractivity contribution is -0.115. The number of nitrogens with zero attached hydrogens (tertiary/aromatic N) is 2. The Bertz CT molecular complexity index is 717. The smallest absolute Gasteiger partial charge is 0.231 e. The maximum atomic E-state index is 12.2. The summed E-state index contributed by atoms with van der Waals surface area (Å²) in [7, 11) is 0. The molecule has 2 heterocycles. The number of carbonyl (C=O) groups is 1. The van der Waals surface area contributed by atoms with E-state index in [-0.39, 0.29) is 11.3 Å². The Morgan fingerprint density at radius 2 is 1.88 bits per heavy atom. The lowest BCUT2D eigenvalue weighted by Crippen LogP contribution is -2.48. The van der Waals surface area contributed by atoms with Crippen molar-refractivity contribution < 1.29 is 4.79 Å². The fourth-order valence-electron chi connectivity index (χ4n) is 5.60. The minimum absolute atomic E-state index is 0.00524. The molecule has 4 aliphatic carbocycles.